The summed E-state index contributed by atoms with van der Waals surface area (Å²) in [4.78, 5) is 0. The van der Waals surface area contributed by atoms with Crippen molar-refractivity contribution < 1.29 is 14.9 Å². The van der Waals surface area contributed by atoms with Crippen molar-refractivity contribution in [3.8, 4) is 0 Å². The van der Waals surface area contributed by atoms with Gasteiger partial charge in [-0.3, -0.25) is 0 Å². The van der Waals surface area contributed by atoms with Crippen LogP contribution in [0.1, 0.15) is 0 Å². The topological polar surface area (TPSA) is 75.7 Å². The molecule has 5 heteroatoms. The highest BCUT2D eigenvalue weighted by atomic mass is 16.5. The molecule has 4 atom stereocenters. The lowest BCUT2D eigenvalue weighted by molar-refractivity contribution is 0.0290. The van der Waals surface area contributed by atoms with Crippen molar-refractivity contribution in [3.63, 3.8) is 0 Å². The molecule has 1 aliphatic rings. The maximum Gasteiger partial charge on any atom is 0.142 e. The first kappa shape index (κ1) is 8.01. The first-order valence-electron chi connectivity index (χ1n) is 3.36. The minimum Gasteiger partial charge on any atom is -0.394 e. The Morgan fingerprint density at radius 1 is 1.60 bits per heavy atom. The van der Waals surface area contributed by atoms with Crippen LogP contribution < -0.4 is 5.73 Å². The zero-order valence-corrected chi connectivity index (χ0v) is 5.90. The van der Waals surface area contributed by atoms with E-state index in [1.807, 2.05) is 0 Å². The predicted octanol–water partition coefficient (Wildman–Crippen LogP) is -2.98. The van der Waals surface area contributed by atoms with Crippen LogP contribution in [-0.2, 0) is 4.74 Å². The molecule has 1 heterocycles. The van der Waals surface area contributed by atoms with E-state index in [0.29, 0.717) is 0 Å². The van der Waals surface area contributed by atoms with Gasteiger partial charge in [0, 0.05) is 0 Å². The van der Waals surface area contributed by atoms with Crippen molar-refractivity contribution in [3.05, 3.63) is 0 Å². The molecule has 0 aromatic heterocycles. The minimum atomic E-state index is -0.642. The molecular weight excluding hydrogens is 133 g/mol. The van der Waals surface area contributed by atoms with E-state index >= 15 is 0 Å². The molecule has 0 bridgehead atoms. The Hall–Kier alpha value is -0.0951. The fraction of sp³-hybridized carbons (Fsp3) is 1.00. The zero-order chi connectivity index (χ0) is 7.72. The van der Waals surface area contributed by atoms with Gasteiger partial charge in [0.25, 0.3) is 0 Å². The van der Waals surface area contributed by atoms with Crippen LogP contribution in [0, 0.1) is 0 Å². The summed E-state index contributed by atoms with van der Waals surface area (Å²) < 4.78 is 5.11. The van der Waals surface area contributed by atoms with Gasteiger partial charge in [-0.2, -0.15) is 0 Å². The number of rotatable bonds is 1. The van der Waals surface area contributed by atoms with Crippen LogP contribution >= 0.6 is 0 Å². The second-order valence-corrected chi connectivity index (χ2v) is 2.63. The average Bonchev–Trinajstić information content (AvgIpc) is 2.17. The largest absolute Gasteiger partial charge is 0.394 e. The highest BCUT2D eigenvalue weighted by molar-refractivity contribution is 6.11. The van der Waals surface area contributed by atoms with Crippen molar-refractivity contribution in [2.75, 3.05) is 6.61 Å². The van der Waals surface area contributed by atoms with Crippen LogP contribution in [0.4, 0.5) is 0 Å². The Kier molecular flexibility index (Phi) is 2.30. The zero-order valence-electron chi connectivity index (χ0n) is 5.90. The molecular formula is C5H12BNO3. The SMILES string of the molecule is BC1O[C@H](CO)[C@@H](N)[C@H]1O. The molecule has 0 aromatic rings. The third-order valence-electron chi connectivity index (χ3n) is 1.87. The normalized spacial score (nSPS) is 47.9. The van der Waals surface area contributed by atoms with Crippen molar-refractivity contribution in [2.24, 2.45) is 5.73 Å². The van der Waals surface area contributed by atoms with Gasteiger partial charge in [-0.1, -0.05) is 0 Å². The van der Waals surface area contributed by atoms with Crippen molar-refractivity contribution in [2.45, 2.75) is 24.3 Å². The van der Waals surface area contributed by atoms with Gasteiger partial charge >= 0.3 is 0 Å². The molecule has 1 rings (SSSR count). The summed E-state index contributed by atoms with van der Waals surface area (Å²) in [5, 5.41) is 17.9. The number of aliphatic hydroxyl groups is 2. The Morgan fingerprint density at radius 3 is 2.40 bits per heavy atom. The smallest absolute Gasteiger partial charge is 0.142 e. The fourth-order valence-corrected chi connectivity index (χ4v) is 1.14. The van der Waals surface area contributed by atoms with Crippen LogP contribution in [0.5, 0.6) is 0 Å². The minimum absolute atomic E-state index is 0.122. The van der Waals surface area contributed by atoms with E-state index in [-0.39, 0.29) is 12.6 Å². The lowest BCUT2D eigenvalue weighted by Gasteiger charge is -2.11. The van der Waals surface area contributed by atoms with Gasteiger partial charge in [0.05, 0.1) is 30.9 Å². The first-order chi connectivity index (χ1) is 4.66. The van der Waals surface area contributed by atoms with E-state index in [4.69, 9.17) is 15.6 Å². The van der Waals surface area contributed by atoms with E-state index < -0.39 is 18.2 Å². The van der Waals surface area contributed by atoms with Gasteiger partial charge in [0.1, 0.15) is 7.85 Å². The monoisotopic (exact) mass is 145 g/mol. The maximum atomic E-state index is 9.21. The summed E-state index contributed by atoms with van der Waals surface area (Å²) in [6, 6.07) is -0.702. The molecule has 1 aliphatic heterocycles. The fourth-order valence-electron chi connectivity index (χ4n) is 1.14. The van der Waals surface area contributed by atoms with Crippen LogP contribution in [0.3, 0.4) is 0 Å². The van der Waals surface area contributed by atoms with E-state index in [0.717, 1.165) is 0 Å². The van der Waals surface area contributed by atoms with Gasteiger partial charge in [-0.25, -0.2) is 0 Å². The average molecular weight is 145 g/mol. The summed E-state index contributed by atoms with van der Waals surface area (Å²) in [7, 11) is 1.74. The van der Waals surface area contributed by atoms with E-state index in [1.165, 1.54) is 0 Å². The first-order valence-corrected chi connectivity index (χ1v) is 3.36. The molecule has 10 heavy (non-hydrogen) atoms. The number of nitrogens with two attached hydrogens (primary N) is 1. The molecule has 0 aromatic carbocycles. The van der Waals surface area contributed by atoms with E-state index in [2.05, 4.69) is 0 Å². The van der Waals surface area contributed by atoms with Crippen LogP contribution in [-0.4, -0.2) is 48.9 Å². The van der Waals surface area contributed by atoms with Crippen molar-refractivity contribution >= 4 is 7.85 Å². The molecule has 0 amide bonds. The summed E-state index contributed by atoms with van der Waals surface area (Å²) in [5.74, 6) is 0. The van der Waals surface area contributed by atoms with Gasteiger partial charge in [0.15, 0.2) is 0 Å². The Bertz CT molecular complexity index is 123. The third-order valence-corrected chi connectivity index (χ3v) is 1.87. The third kappa shape index (κ3) is 1.18. The predicted molar refractivity (Wildman–Crippen MR) is 38.3 cm³/mol. The second kappa shape index (κ2) is 2.88. The lowest BCUT2D eigenvalue weighted by atomic mass is 9.92. The van der Waals surface area contributed by atoms with E-state index in [1.54, 1.807) is 7.85 Å². The summed E-state index contributed by atoms with van der Waals surface area (Å²) in [6.45, 7) is -0.122. The Labute approximate surface area is 60.4 Å². The highest BCUT2D eigenvalue weighted by Crippen LogP contribution is 2.16. The van der Waals surface area contributed by atoms with E-state index in [9.17, 15) is 5.11 Å². The van der Waals surface area contributed by atoms with Gasteiger partial charge < -0.3 is 20.7 Å². The highest BCUT2D eigenvalue weighted by Gasteiger charge is 2.37. The number of hydrogen-bond donors (Lipinski definition) is 3. The number of aliphatic hydroxyl groups excluding tert-OH is 2. The van der Waals surface area contributed by atoms with Crippen LogP contribution in [0.2, 0.25) is 0 Å². The van der Waals surface area contributed by atoms with Crippen LogP contribution in [0.15, 0.2) is 0 Å². The molecule has 0 radical (unpaired) electrons. The van der Waals surface area contributed by atoms with Crippen molar-refractivity contribution in [1.82, 2.24) is 0 Å². The number of ether oxygens (including phenoxy) is 1. The Morgan fingerprint density at radius 2 is 2.20 bits per heavy atom. The summed E-state index contributed by atoms with van der Waals surface area (Å²) >= 11 is 0. The molecule has 0 aliphatic carbocycles. The molecule has 1 saturated heterocycles. The molecule has 4 N–H and O–H groups in total. The molecule has 1 unspecified atom stereocenters. The Balaban J connectivity index is 2.53. The van der Waals surface area contributed by atoms with Gasteiger partial charge in [0.2, 0.25) is 0 Å². The van der Waals surface area contributed by atoms with Gasteiger partial charge in [-0.05, 0) is 0 Å². The van der Waals surface area contributed by atoms with Gasteiger partial charge in [-0.15, -0.1) is 0 Å². The maximum absolute atomic E-state index is 9.21. The molecule has 0 saturated carbocycles. The van der Waals surface area contributed by atoms with Crippen LogP contribution in [0.25, 0.3) is 0 Å². The lowest BCUT2D eigenvalue weighted by Crippen LogP contribution is -2.41. The summed E-state index contributed by atoms with van der Waals surface area (Å²) in [5.41, 5.74) is 5.49. The molecule has 0 spiro atoms. The standard InChI is InChI=1S/C5H12BNO3/c6-5-4(9)3(7)2(1-8)10-5/h2-5,8-9H,1,6-7H2/t2-,3-,4-,5?/m1/s1. The van der Waals surface area contributed by atoms with Crippen molar-refractivity contribution in [1.29, 1.82) is 0 Å². The quantitative estimate of drug-likeness (QED) is 0.344. The summed E-state index contributed by atoms with van der Waals surface area (Å²) in [6.07, 6.45) is -1.04. The number of hydrogen-bond acceptors (Lipinski definition) is 4. The molecule has 58 valence electrons. The molecule has 1 fully saturated rings. The molecule has 4 nitrogen and oxygen atoms in total. The second-order valence-electron chi connectivity index (χ2n) is 2.63.